The SMILES string of the molecule is Cc1cccc(CC(=O)N2CC(N)CC2=O)c1. The van der Waals surface area contributed by atoms with Gasteiger partial charge in [-0.3, -0.25) is 14.5 Å². The number of nitrogens with zero attached hydrogens (tertiary/aromatic N) is 1. The maximum atomic E-state index is 11.9. The highest BCUT2D eigenvalue weighted by atomic mass is 16.2. The van der Waals surface area contributed by atoms with E-state index >= 15 is 0 Å². The lowest BCUT2D eigenvalue weighted by atomic mass is 10.1. The number of carbonyl (C=O) groups is 2. The van der Waals surface area contributed by atoms with Gasteiger partial charge in [0.1, 0.15) is 0 Å². The molecule has 4 heteroatoms. The largest absolute Gasteiger partial charge is 0.326 e. The van der Waals surface area contributed by atoms with Crippen LogP contribution in [0.3, 0.4) is 0 Å². The summed E-state index contributed by atoms with van der Waals surface area (Å²) in [6.45, 7) is 2.33. The van der Waals surface area contributed by atoms with Crippen molar-refractivity contribution in [1.82, 2.24) is 4.90 Å². The normalized spacial score (nSPS) is 19.8. The zero-order valence-corrected chi connectivity index (χ0v) is 9.85. The molecule has 1 heterocycles. The van der Waals surface area contributed by atoms with E-state index in [0.29, 0.717) is 6.54 Å². The second kappa shape index (κ2) is 4.67. The van der Waals surface area contributed by atoms with Crippen molar-refractivity contribution in [2.45, 2.75) is 25.8 Å². The highest BCUT2D eigenvalue weighted by Gasteiger charge is 2.31. The molecule has 0 aromatic heterocycles. The molecule has 90 valence electrons. The lowest BCUT2D eigenvalue weighted by Gasteiger charge is -2.14. The van der Waals surface area contributed by atoms with Crippen LogP contribution in [0.2, 0.25) is 0 Å². The van der Waals surface area contributed by atoms with Gasteiger partial charge in [0.2, 0.25) is 11.8 Å². The number of imide groups is 1. The van der Waals surface area contributed by atoms with Crippen molar-refractivity contribution in [2.75, 3.05) is 6.54 Å². The van der Waals surface area contributed by atoms with Gasteiger partial charge in [0.25, 0.3) is 0 Å². The molecule has 1 atom stereocenters. The summed E-state index contributed by atoms with van der Waals surface area (Å²) in [5.74, 6) is -0.316. The van der Waals surface area contributed by atoms with Gasteiger partial charge in [-0.05, 0) is 12.5 Å². The highest BCUT2D eigenvalue weighted by molar-refractivity contribution is 5.98. The predicted molar refractivity (Wildman–Crippen MR) is 64.2 cm³/mol. The zero-order chi connectivity index (χ0) is 12.4. The van der Waals surface area contributed by atoms with Crippen LogP contribution in [0.1, 0.15) is 17.5 Å². The molecule has 1 aromatic rings. The van der Waals surface area contributed by atoms with E-state index in [0.717, 1.165) is 11.1 Å². The Bertz CT molecular complexity index is 456. The van der Waals surface area contributed by atoms with Crippen molar-refractivity contribution >= 4 is 11.8 Å². The average Bonchev–Trinajstić information content (AvgIpc) is 2.58. The third kappa shape index (κ3) is 2.71. The van der Waals surface area contributed by atoms with E-state index in [1.807, 2.05) is 31.2 Å². The molecule has 1 aromatic carbocycles. The number of benzene rings is 1. The van der Waals surface area contributed by atoms with E-state index in [4.69, 9.17) is 5.73 Å². The van der Waals surface area contributed by atoms with Crippen LogP contribution in [-0.2, 0) is 16.0 Å². The predicted octanol–water partition coefficient (Wildman–Crippen LogP) is 0.624. The maximum absolute atomic E-state index is 11.9. The third-order valence-corrected chi connectivity index (χ3v) is 2.89. The van der Waals surface area contributed by atoms with Gasteiger partial charge in [-0.1, -0.05) is 29.8 Å². The Kier molecular flexibility index (Phi) is 3.24. The minimum atomic E-state index is -0.205. The van der Waals surface area contributed by atoms with Crippen molar-refractivity contribution in [1.29, 1.82) is 0 Å². The van der Waals surface area contributed by atoms with E-state index in [-0.39, 0.29) is 30.7 Å². The van der Waals surface area contributed by atoms with Gasteiger partial charge in [0.15, 0.2) is 0 Å². The first-order valence-electron chi connectivity index (χ1n) is 5.70. The lowest BCUT2D eigenvalue weighted by Crippen LogP contribution is -2.35. The van der Waals surface area contributed by atoms with Crippen molar-refractivity contribution < 1.29 is 9.59 Å². The van der Waals surface area contributed by atoms with Gasteiger partial charge in [-0.15, -0.1) is 0 Å². The van der Waals surface area contributed by atoms with Crippen molar-refractivity contribution in [3.63, 3.8) is 0 Å². The summed E-state index contributed by atoms with van der Waals surface area (Å²) < 4.78 is 0. The quantitative estimate of drug-likeness (QED) is 0.813. The van der Waals surface area contributed by atoms with Gasteiger partial charge in [0.05, 0.1) is 6.42 Å². The van der Waals surface area contributed by atoms with E-state index < -0.39 is 0 Å². The molecule has 2 rings (SSSR count). The minimum absolute atomic E-state index is 0.157. The Morgan fingerprint density at radius 1 is 1.53 bits per heavy atom. The van der Waals surface area contributed by atoms with Crippen molar-refractivity contribution in [2.24, 2.45) is 5.73 Å². The van der Waals surface area contributed by atoms with Crippen molar-refractivity contribution in [3.05, 3.63) is 35.4 Å². The molecule has 0 saturated carbocycles. The number of hydrogen-bond donors (Lipinski definition) is 1. The zero-order valence-electron chi connectivity index (χ0n) is 9.85. The first kappa shape index (κ1) is 11.8. The number of hydrogen-bond acceptors (Lipinski definition) is 3. The fourth-order valence-corrected chi connectivity index (χ4v) is 2.07. The van der Waals surface area contributed by atoms with Gasteiger partial charge >= 0.3 is 0 Å². The molecule has 0 aliphatic carbocycles. The molecule has 2 amide bonds. The summed E-state index contributed by atoms with van der Waals surface area (Å²) in [7, 11) is 0. The molecular weight excluding hydrogens is 216 g/mol. The van der Waals surface area contributed by atoms with E-state index in [9.17, 15) is 9.59 Å². The number of rotatable bonds is 2. The van der Waals surface area contributed by atoms with Crippen LogP contribution in [0.4, 0.5) is 0 Å². The Balaban J connectivity index is 2.05. The summed E-state index contributed by atoms with van der Waals surface area (Å²) in [6.07, 6.45) is 0.541. The fraction of sp³-hybridized carbons (Fsp3) is 0.385. The van der Waals surface area contributed by atoms with Crippen LogP contribution in [0.5, 0.6) is 0 Å². The Morgan fingerprint density at radius 2 is 2.29 bits per heavy atom. The van der Waals surface area contributed by atoms with Crippen LogP contribution in [0.25, 0.3) is 0 Å². The number of carbonyl (C=O) groups excluding carboxylic acids is 2. The number of likely N-dealkylation sites (tertiary alicyclic amines) is 1. The molecule has 0 spiro atoms. The van der Waals surface area contributed by atoms with E-state index in [1.54, 1.807) is 0 Å². The first-order chi connectivity index (χ1) is 8.06. The molecular formula is C13H16N2O2. The standard InChI is InChI=1S/C13H16N2O2/c1-9-3-2-4-10(5-9)6-12(16)15-8-11(14)7-13(15)17/h2-5,11H,6-8,14H2,1H3. The fourth-order valence-electron chi connectivity index (χ4n) is 2.07. The van der Waals surface area contributed by atoms with Gasteiger partial charge in [-0.25, -0.2) is 0 Å². The Morgan fingerprint density at radius 3 is 2.88 bits per heavy atom. The molecule has 1 aliphatic heterocycles. The molecule has 1 fully saturated rings. The van der Waals surface area contributed by atoms with E-state index in [1.165, 1.54) is 4.90 Å². The topological polar surface area (TPSA) is 63.4 Å². The number of nitrogens with two attached hydrogens (primary N) is 1. The van der Waals surface area contributed by atoms with Gasteiger partial charge in [0, 0.05) is 19.0 Å². The Labute approximate surface area is 100 Å². The van der Waals surface area contributed by atoms with E-state index in [2.05, 4.69) is 0 Å². The van der Waals surface area contributed by atoms with Crippen molar-refractivity contribution in [3.8, 4) is 0 Å². The first-order valence-corrected chi connectivity index (χ1v) is 5.70. The van der Waals surface area contributed by atoms with Gasteiger partial charge < -0.3 is 5.73 Å². The van der Waals surface area contributed by atoms with Crippen LogP contribution in [0.15, 0.2) is 24.3 Å². The summed E-state index contributed by atoms with van der Waals surface area (Å²) in [4.78, 5) is 24.7. The molecule has 1 aliphatic rings. The minimum Gasteiger partial charge on any atom is -0.326 e. The molecule has 2 N–H and O–H groups in total. The Hall–Kier alpha value is -1.68. The highest BCUT2D eigenvalue weighted by Crippen LogP contribution is 2.12. The summed E-state index contributed by atoms with van der Waals surface area (Å²) in [5, 5.41) is 0. The number of aryl methyl sites for hydroxylation is 1. The number of amides is 2. The molecule has 17 heavy (non-hydrogen) atoms. The summed E-state index contributed by atoms with van der Waals surface area (Å²) >= 11 is 0. The summed E-state index contributed by atoms with van der Waals surface area (Å²) in [6, 6.07) is 7.54. The van der Waals surface area contributed by atoms with Crippen LogP contribution >= 0.6 is 0 Å². The molecule has 1 saturated heterocycles. The van der Waals surface area contributed by atoms with Gasteiger partial charge in [-0.2, -0.15) is 0 Å². The molecule has 1 unspecified atom stereocenters. The molecule has 4 nitrogen and oxygen atoms in total. The monoisotopic (exact) mass is 232 g/mol. The third-order valence-electron chi connectivity index (χ3n) is 2.89. The molecule has 0 radical (unpaired) electrons. The van der Waals surface area contributed by atoms with Crippen LogP contribution in [0, 0.1) is 6.92 Å². The van der Waals surface area contributed by atoms with Crippen LogP contribution in [-0.4, -0.2) is 29.3 Å². The maximum Gasteiger partial charge on any atom is 0.233 e. The smallest absolute Gasteiger partial charge is 0.233 e. The lowest BCUT2D eigenvalue weighted by molar-refractivity contribution is -0.141. The van der Waals surface area contributed by atoms with Crippen LogP contribution < -0.4 is 5.73 Å². The molecule has 0 bridgehead atoms. The second-order valence-corrected chi connectivity index (χ2v) is 4.53. The second-order valence-electron chi connectivity index (χ2n) is 4.53. The summed E-state index contributed by atoms with van der Waals surface area (Å²) in [5.41, 5.74) is 7.70. The average molecular weight is 232 g/mol.